The van der Waals surface area contributed by atoms with Crippen molar-refractivity contribution in [2.75, 3.05) is 38.2 Å². The van der Waals surface area contributed by atoms with Gasteiger partial charge in [-0.1, -0.05) is 17.7 Å². The number of hydrogen-bond acceptors (Lipinski definition) is 5. The summed E-state index contributed by atoms with van der Waals surface area (Å²) in [5.74, 6) is 0.991. The minimum absolute atomic E-state index is 0.0630. The van der Waals surface area contributed by atoms with Crippen molar-refractivity contribution in [2.24, 2.45) is 0 Å². The summed E-state index contributed by atoms with van der Waals surface area (Å²) in [5.41, 5.74) is 1.91. The van der Waals surface area contributed by atoms with Crippen LogP contribution in [-0.2, 0) is 17.8 Å². The van der Waals surface area contributed by atoms with Crippen molar-refractivity contribution < 1.29 is 13.9 Å². The number of aryl methyl sites for hydroxylation is 1. The van der Waals surface area contributed by atoms with Gasteiger partial charge in [-0.2, -0.15) is 0 Å². The van der Waals surface area contributed by atoms with Crippen LogP contribution < -0.4 is 10.2 Å². The summed E-state index contributed by atoms with van der Waals surface area (Å²) in [6.07, 6.45) is 0.258. The van der Waals surface area contributed by atoms with Gasteiger partial charge in [0.2, 0.25) is 0 Å². The van der Waals surface area contributed by atoms with Crippen molar-refractivity contribution >= 4 is 23.4 Å². The van der Waals surface area contributed by atoms with Gasteiger partial charge in [-0.25, -0.2) is 19.2 Å². The van der Waals surface area contributed by atoms with E-state index in [0.717, 1.165) is 11.4 Å². The normalized spacial score (nSPS) is 14.3. The van der Waals surface area contributed by atoms with Crippen LogP contribution in [0, 0.1) is 12.7 Å². The van der Waals surface area contributed by atoms with E-state index in [9.17, 15) is 9.18 Å². The number of ether oxygens (including phenoxy) is 1. The van der Waals surface area contributed by atoms with Gasteiger partial charge in [0.15, 0.2) is 0 Å². The zero-order chi connectivity index (χ0) is 22.5. The van der Waals surface area contributed by atoms with Crippen LogP contribution in [0.25, 0.3) is 0 Å². The summed E-state index contributed by atoms with van der Waals surface area (Å²) in [7, 11) is 1.60. The van der Waals surface area contributed by atoms with Gasteiger partial charge >= 0.3 is 6.03 Å². The molecule has 0 unspecified atom stereocenters. The number of urea groups is 1. The van der Waals surface area contributed by atoms with E-state index in [1.54, 1.807) is 24.1 Å². The number of halogens is 2. The molecule has 0 radical (unpaired) electrons. The third-order valence-electron chi connectivity index (χ3n) is 5.16. The maximum atomic E-state index is 14.5. The molecule has 1 aliphatic rings. The number of amides is 2. The molecular weight excluding hydrogens is 421 g/mol. The molecule has 2 heterocycles. The maximum absolute atomic E-state index is 14.5. The predicted octanol–water partition coefficient (Wildman–Crippen LogP) is 3.55. The lowest BCUT2D eigenvalue weighted by Gasteiger charge is -2.37. The molecule has 1 saturated heterocycles. The molecular formula is C22H29ClFN5O2. The molecule has 1 aliphatic heterocycles. The van der Waals surface area contributed by atoms with Crippen LogP contribution in [0.3, 0.4) is 0 Å². The van der Waals surface area contributed by atoms with E-state index in [1.807, 2.05) is 20.8 Å². The Morgan fingerprint density at radius 1 is 1.23 bits per heavy atom. The Bertz CT molecular complexity index is 912. The third kappa shape index (κ3) is 5.62. The van der Waals surface area contributed by atoms with Gasteiger partial charge in [0.05, 0.1) is 12.3 Å². The molecule has 0 atom stereocenters. The molecule has 3 rings (SSSR count). The average Bonchev–Trinajstić information content (AvgIpc) is 2.71. The van der Waals surface area contributed by atoms with Crippen molar-refractivity contribution in [3.8, 4) is 0 Å². The van der Waals surface area contributed by atoms with Gasteiger partial charge in [-0.05, 0) is 32.9 Å². The maximum Gasteiger partial charge on any atom is 0.317 e. The molecule has 9 heteroatoms. The van der Waals surface area contributed by atoms with E-state index in [0.29, 0.717) is 48.3 Å². The van der Waals surface area contributed by atoms with Crippen molar-refractivity contribution in [3.05, 3.63) is 51.7 Å². The van der Waals surface area contributed by atoms with Crippen LogP contribution in [0.1, 0.15) is 36.5 Å². The highest BCUT2D eigenvalue weighted by Crippen LogP contribution is 2.29. The number of piperazine rings is 1. The molecule has 1 aromatic carbocycles. The van der Waals surface area contributed by atoms with Crippen LogP contribution in [0.2, 0.25) is 5.02 Å². The van der Waals surface area contributed by atoms with Crippen LogP contribution in [0.5, 0.6) is 0 Å². The summed E-state index contributed by atoms with van der Waals surface area (Å²) in [6, 6.07) is 4.69. The lowest BCUT2D eigenvalue weighted by Crippen LogP contribution is -2.53. The van der Waals surface area contributed by atoms with E-state index in [-0.39, 0.29) is 30.9 Å². The van der Waals surface area contributed by atoms with Gasteiger partial charge in [0.25, 0.3) is 0 Å². The Kier molecular flexibility index (Phi) is 7.67. The van der Waals surface area contributed by atoms with Crippen LogP contribution in [0.4, 0.5) is 15.0 Å². The summed E-state index contributed by atoms with van der Waals surface area (Å²) < 4.78 is 19.9. The molecule has 0 spiro atoms. The Labute approximate surface area is 187 Å². The van der Waals surface area contributed by atoms with Crippen LogP contribution in [0.15, 0.2) is 18.2 Å². The number of rotatable bonds is 6. The zero-order valence-corrected chi connectivity index (χ0v) is 19.2. The number of carbonyl (C=O) groups is 1. The second-order valence-electron chi connectivity index (χ2n) is 7.91. The first-order valence-corrected chi connectivity index (χ1v) is 10.8. The van der Waals surface area contributed by atoms with Crippen LogP contribution in [-0.4, -0.2) is 60.2 Å². The molecule has 31 heavy (non-hydrogen) atoms. The van der Waals surface area contributed by atoms with Gasteiger partial charge in [0, 0.05) is 61.9 Å². The number of nitrogens with zero attached hydrogens (tertiary/aromatic N) is 4. The molecule has 7 nitrogen and oxygen atoms in total. The van der Waals surface area contributed by atoms with Crippen molar-refractivity contribution in [2.45, 2.75) is 39.8 Å². The van der Waals surface area contributed by atoms with Crippen molar-refractivity contribution in [1.29, 1.82) is 0 Å². The number of aromatic nitrogens is 2. The number of hydrogen-bond donors (Lipinski definition) is 1. The van der Waals surface area contributed by atoms with E-state index < -0.39 is 0 Å². The number of benzene rings is 1. The monoisotopic (exact) mass is 449 g/mol. The van der Waals surface area contributed by atoms with Crippen molar-refractivity contribution in [3.63, 3.8) is 0 Å². The fraction of sp³-hybridized carbons (Fsp3) is 0.500. The van der Waals surface area contributed by atoms with E-state index in [1.165, 1.54) is 6.07 Å². The summed E-state index contributed by atoms with van der Waals surface area (Å²) in [6.45, 7) is 8.37. The Morgan fingerprint density at radius 2 is 1.94 bits per heavy atom. The SMILES string of the molecule is COCc1nc(C)nc(N2CCN(C(=O)NC(C)C)CC2)c1Cc1c(F)cccc1Cl. The molecule has 1 aromatic heterocycles. The standard InChI is InChI=1S/C22H29ClFN5O2/c1-14(2)25-22(30)29-10-8-28(9-11-29)21-17(20(13-31-4)26-15(3)27-21)12-16-18(23)6-5-7-19(16)24/h5-7,14H,8-13H2,1-4H3,(H,25,30). The second kappa shape index (κ2) is 10.2. The molecule has 0 bridgehead atoms. The lowest BCUT2D eigenvalue weighted by atomic mass is 10.0. The molecule has 0 saturated carbocycles. The molecule has 1 N–H and O–H groups in total. The predicted molar refractivity (Wildman–Crippen MR) is 119 cm³/mol. The van der Waals surface area contributed by atoms with E-state index >= 15 is 0 Å². The number of anilines is 1. The first kappa shape index (κ1) is 23.2. The minimum Gasteiger partial charge on any atom is -0.378 e. The fourth-order valence-electron chi connectivity index (χ4n) is 3.67. The Morgan fingerprint density at radius 3 is 2.55 bits per heavy atom. The molecule has 168 valence electrons. The van der Waals surface area contributed by atoms with E-state index in [4.69, 9.17) is 16.3 Å². The number of methoxy groups -OCH3 is 1. The lowest BCUT2D eigenvalue weighted by molar-refractivity contribution is 0.180. The van der Waals surface area contributed by atoms with Crippen molar-refractivity contribution in [1.82, 2.24) is 20.2 Å². The Balaban J connectivity index is 1.91. The number of nitrogens with one attached hydrogen (secondary N) is 1. The highest BCUT2D eigenvalue weighted by atomic mass is 35.5. The van der Waals surface area contributed by atoms with Gasteiger partial charge in [0.1, 0.15) is 17.5 Å². The highest BCUT2D eigenvalue weighted by Gasteiger charge is 2.26. The first-order chi connectivity index (χ1) is 14.8. The summed E-state index contributed by atoms with van der Waals surface area (Å²) in [5, 5.41) is 3.29. The Hall–Kier alpha value is -2.45. The highest BCUT2D eigenvalue weighted by molar-refractivity contribution is 6.31. The van der Waals surface area contributed by atoms with E-state index in [2.05, 4.69) is 20.2 Å². The summed E-state index contributed by atoms with van der Waals surface area (Å²) in [4.78, 5) is 25.5. The zero-order valence-electron chi connectivity index (χ0n) is 18.4. The first-order valence-electron chi connectivity index (χ1n) is 10.4. The summed E-state index contributed by atoms with van der Waals surface area (Å²) >= 11 is 6.30. The molecule has 2 amide bonds. The minimum atomic E-state index is -0.363. The van der Waals surface area contributed by atoms with Gasteiger partial charge in [-0.3, -0.25) is 0 Å². The topological polar surface area (TPSA) is 70.6 Å². The smallest absolute Gasteiger partial charge is 0.317 e. The quantitative estimate of drug-likeness (QED) is 0.730. The van der Waals surface area contributed by atoms with Gasteiger partial charge < -0.3 is 19.9 Å². The number of carbonyl (C=O) groups excluding carboxylic acids is 1. The molecule has 2 aromatic rings. The fourth-order valence-corrected chi connectivity index (χ4v) is 3.90. The average molecular weight is 450 g/mol. The van der Waals surface area contributed by atoms with Crippen LogP contribution >= 0.6 is 11.6 Å². The molecule has 1 fully saturated rings. The largest absolute Gasteiger partial charge is 0.378 e. The van der Waals surface area contributed by atoms with Gasteiger partial charge in [-0.15, -0.1) is 0 Å². The third-order valence-corrected chi connectivity index (χ3v) is 5.51. The second-order valence-corrected chi connectivity index (χ2v) is 8.32. The molecule has 0 aliphatic carbocycles.